The number of hydrogen-bond acceptors (Lipinski definition) is 3. The molecule has 0 aliphatic rings. The monoisotopic (exact) mass is 450 g/mol. The fraction of sp³-hybridized carbons (Fsp3) is 0.269. The number of sulfonamides is 1. The number of carbonyl (C=O) groups is 1. The van der Waals surface area contributed by atoms with Crippen molar-refractivity contribution < 1.29 is 13.2 Å². The maximum Gasteiger partial charge on any atom is 0.261 e. The highest BCUT2D eigenvalue weighted by Crippen LogP contribution is 2.24. The van der Waals surface area contributed by atoms with E-state index in [0.717, 1.165) is 11.1 Å². The van der Waals surface area contributed by atoms with E-state index in [9.17, 15) is 13.2 Å². The summed E-state index contributed by atoms with van der Waals surface area (Å²) in [4.78, 5) is 12.8. The summed E-state index contributed by atoms with van der Waals surface area (Å²) in [6, 6.07) is 21.1. The molecule has 0 heterocycles. The van der Waals surface area contributed by atoms with Crippen molar-refractivity contribution in [3.63, 3.8) is 0 Å². The predicted octanol–water partition coefficient (Wildman–Crippen LogP) is 5.58. The Balaban J connectivity index is 1.65. The molecule has 0 spiro atoms. The first-order valence-electron chi connectivity index (χ1n) is 10.6. The topological polar surface area (TPSA) is 75.3 Å². The first kappa shape index (κ1) is 23.5. The fourth-order valence-electron chi connectivity index (χ4n) is 3.26. The Labute approximate surface area is 190 Å². The average Bonchev–Trinajstić information content (AvgIpc) is 2.73. The molecule has 1 atom stereocenters. The smallest absolute Gasteiger partial charge is 0.261 e. The third-order valence-corrected chi connectivity index (χ3v) is 6.75. The highest BCUT2D eigenvalue weighted by Gasteiger charge is 2.17. The van der Waals surface area contributed by atoms with Crippen molar-refractivity contribution in [1.29, 1.82) is 0 Å². The van der Waals surface area contributed by atoms with Gasteiger partial charge in [-0.15, -0.1) is 0 Å². The number of nitrogens with one attached hydrogen (secondary N) is 2. The molecule has 0 saturated heterocycles. The lowest BCUT2D eigenvalue weighted by Gasteiger charge is -2.20. The van der Waals surface area contributed by atoms with Crippen LogP contribution < -0.4 is 10.0 Å². The Bertz CT molecular complexity index is 1180. The summed E-state index contributed by atoms with van der Waals surface area (Å²) < 4.78 is 27.6. The number of aryl methyl sites for hydroxylation is 1. The van der Waals surface area contributed by atoms with Crippen LogP contribution in [0.3, 0.4) is 0 Å². The Morgan fingerprint density at radius 1 is 0.844 bits per heavy atom. The molecule has 6 heteroatoms. The number of benzene rings is 3. The highest BCUT2D eigenvalue weighted by atomic mass is 32.2. The van der Waals surface area contributed by atoms with Gasteiger partial charge in [0.2, 0.25) is 0 Å². The summed E-state index contributed by atoms with van der Waals surface area (Å²) in [6.45, 7) is 10.3. The Morgan fingerprint density at radius 2 is 1.41 bits per heavy atom. The van der Waals surface area contributed by atoms with Crippen LogP contribution in [0.1, 0.15) is 60.8 Å². The summed E-state index contributed by atoms with van der Waals surface area (Å²) in [5, 5.41) is 2.99. The normalized spacial score (nSPS) is 12.8. The van der Waals surface area contributed by atoms with Crippen LogP contribution in [0.25, 0.3) is 0 Å². The van der Waals surface area contributed by atoms with Crippen molar-refractivity contribution in [2.75, 3.05) is 4.72 Å². The van der Waals surface area contributed by atoms with Crippen LogP contribution in [0.15, 0.2) is 77.7 Å². The number of anilines is 1. The van der Waals surface area contributed by atoms with E-state index in [1.54, 1.807) is 48.5 Å². The van der Waals surface area contributed by atoms with E-state index >= 15 is 0 Å². The second kappa shape index (κ2) is 9.17. The molecule has 2 N–H and O–H groups in total. The van der Waals surface area contributed by atoms with Gasteiger partial charge in [-0.2, -0.15) is 0 Å². The van der Waals surface area contributed by atoms with Gasteiger partial charge in [0.25, 0.3) is 15.9 Å². The minimum absolute atomic E-state index is 0.0771. The van der Waals surface area contributed by atoms with Crippen LogP contribution in [-0.4, -0.2) is 14.3 Å². The maximum absolute atomic E-state index is 12.7. The molecular formula is C26H30N2O3S. The van der Waals surface area contributed by atoms with Crippen molar-refractivity contribution in [1.82, 2.24) is 5.32 Å². The molecule has 5 nitrogen and oxygen atoms in total. The molecule has 32 heavy (non-hydrogen) atoms. The van der Waals surface area contributed by atoms with Gasteiger partial charge in [0, 0.05) is 11.3 Å². The highest BCUT2D eigenvalue weighted by molar-refractivity contribution is 7.92. The standard InChI is InChI=1S/C26H30N2O3S/c1-18-6-16-24(17-7-18)32(30,31)28-23-14-10-21(11-15-23)25(29)27-19(2)20-8-12-22(13-9-20)26(3,4)5/h6-17,19,28H,1-5H3,(H,27,29)/t19-/m1/s1. The zero-order valence-electron chi connectivity index (χ0n) is 19.1. The summed E-state index contributed by atoms with van der Waals surface area (Å²) in [6.07, 6.45) is 0. The predicted molar refractivity (Wildman–Crippen MR) is 129 cm³/mol. The van der Waals surface area contributed by atoms with Gasteiger partial charge in [-0.05, 0) is 66.8 Å². The summed E-state index contributed by atoms with van der Waals surface area (Å²) in [5.74, 6) is -0.217. The first-order valence-corrected chi connectivity index (χ1v) is 12.0. The van der Waals surface area contributed by atoms with Crippen LogP contribution in [-0.2, 0) is 15.4 Å². The fourth-order valence-corrected chi connectivity index (χ4v) is 4.31. The van der Waals surface area contributed by atoms with E-state index in [0.29, 0.717) is 11.3 Å². The zero-order valence-corrected chi connectivity index (χ0v) is 20.0. The van der Waals surface area contributed by atoms with Crippen LogP contribution in [0.4, 0.5) is 5.69 Å². The molecule has 0 aliphatic heterocycles. The molecule has 3 aromatic carbocycles. The van der Waals surface area contributed by atoms with Gasteiger partial charge >= 0.3 is 0 Å². The lowest BCUT2D eigenvalue weighted by molar-refractivity contribution is 0.0940. The lowest BCUT2D eigenvalue weighted by atomic mass is 9.86. The van der Waals surface area contributed by atoms with Gasteiger partial charge in [-0.25, -0.2) is 8.42 Å². The molecule has 0 unspecified atom stereocenters. The maximum atomic E-state index is 12.7. The Morgan fingerprint density at radius 3 is 1.94 bits per heavy atom. The molecule has 168 valence electrons. The summed E-state index contributed by atoms with van der Waals surface area (Å²) >= 11 is 0. The Hall–Kier alpha value is -3.12. The number of rotatable bonds is 6. The minimum atomic E-state index is -3.68. The average molecular weight is 451 g/mol. The van der Waals surface area contributed by atoms with Crippen molar-refractivity contribution in [2.24, 2.45) is 0 Å². The number of amides is 1. The molecular weight excluding hydrogens is 420 g/mol. The third-order valence-electron chi connectivity index (χ3n) is 5.35. The molecule has 0 aliphatic carbocycles. The quantitative estimate of drug-likeness (QED) is 0.514. The van der Waals surface area contributed by atoms with Crippen LogP contribution in [0.5, 0.6) is 0 Å². The molecule has 0 fully saturated rings. The second-order valence-electron chi connectivity index (χ2n) is 9.06. The third kappa shape index (κ3) is 5.77. The SMILES string of the molecule is Cc1ccc(S(=O)(=O)Nc2ccc(C(=O)N[C@H](C)c3ccc(C(C)(C)C)cc3)cc2)cc1. The summed E-state index contributed by atoms with van der Waals surface area (Å²) in [5.41, 5.74) is 4.18. The molecule has 3 aromatic rings. The molecule has 0 saturated carbocycles. The number of carbonyl (C=O) groups excluding carboxylic acids is 1. The molecule has 0 aromatic heterocycles. The van der Waals surface area contributed by atoms with Crippen LogP contribution in [0, 0.1) is 6.92 Å². The van der Waals surface area contributed by atoms with Gasteiger partial charge in [-0.1, -0.05) is 62.7 Å². The van der Waals surface area contributed by atoms with Gasteiger partial charge in [-0.3, -0.25) is 9.52 Å². The van der Waals surface area contributed by atoms with E-state index < -0.39 is 10.0 Å². The van der Waals surface area contributed by atoms with E-state index in [1.807, 2.05) is 26.0 Å². The first-order chi connectivity index (χ1) is 15.0. The van der Waals surface area contributed by atoms with E-state index in [4.69, 9.17) is 0 Å². The molecule has 0 radical (unpaired) electrons. The van der Waals surface area contributed by atoms with Crippen molar-refractivity contribution in [2.45, 2.75) is 51.0 Å². The van der Waals surface area contributed by atoms with Crippen molar-refractivity contribution in [3.8, 4) is 0 Å². The van der Waals surface area contributed by atoms with Crippen molar-refractivity contribution in [3.05, 3.63) is 95.1 Å². The zero-order chi connectivity index (χ0) is 23.5. The second-order valence-corrected chi connectivity index (χ2v) is 10.7. The van der Waals surface area contributed by atoms with Gasteiger partial charge < -0.3 is 5.32 Å². The molecule has 3 rings (SSSR count). The molecule has 1 amide bonds. The van der Waals surface area contributed by atoms with E-state index in [2.05, 4.69) is 42.9 Å². The summed E-state index contributed by atoms with van der Waals surface area (Å²) in [7, 11) is -3.68. The van der Waals surface area contributed by atoms with Gasteiger partial charge in [0.15, 0.2) is 0 Å². The Kier molecular flexibility index (Phi) is 6.74. The van der Waals surface area contributed by atoms with Crippen LogP contribution >= 0.6 is 0 Å². The van der Waals surface area contributed by atoms with Gasteiger partial charge in [0.05, 0.1) is 10.9 Å². The van der Waals surface area contributed by atoms with Crippen molar-refractivity contribution >= 4 is 21.6 Å². The molecule has 0 bridgehead atoms. The van der Waals surface area contributed by atoms with Gasteiger partial charge in [0.1, 0.15) is 0 Å². The van der Waals surface area contributed by atoms with Crippen LogP contribution in [0.2, 0.25) is 0 Å². The number of hydrogen-bond donors (Lipinski definition) is 2. The van der Waals surface area contributed by atoms with E-state index in [1.165, 1.54) is 5.56 Å². The van der Waals surface area contributed by atoms with E-state index in [-0.39, 0.29) is 22.3 Å². The largest absolute Gasteiger partial charge is 0.346 e. The minimum Gasteiger partial charge on any atom is -0.346 e. The lowest BCUT2D eigenvalue weighted by Crippen LogP contribution is -2.26.